The minimum atomic E-state index is -0.212. The molecule has 2 nitrogen and oxygen atoms in total. The normalized spacial score (nSPS) is 12.1. The Balaban J connectivity index is 2.69. The highest BCUT2D eigenvalue weighted by molar-refractivity contribution is 8.16. The van der Waals surface area contributed by atoms with Crippen molar-refractivity contribution >= 4 is 41.3 Å². The highest BCUT2D eigenvalue weighted by Gasteiger charge is 2.22. The lowest BCUT2D eigenvalue weighted by molar-refractivity contribution is -0.140. The average molecular weight is 288 g/mol. The zero-order valence-corrected chi connectivity index (χ0v) is 12.4. The summed E-state index contributed by atoms with van der Waals surface area (Å²) in [5.41, 5.74) is 1.01. The summed E-state index contributed by atoms with van der Waals surface area (Å²) in [6.45, 7) is 0. The van der Waals surface area contributed by atoms with Gasteiger partial charge >= 0.3 is 5.97 Å². The van der Waals surface area contributed by atoms with E-state index in [1.807, 2.05) is 42.8 Å². The van der Waals surface area contributed by atoms with Gasteiger partial charge in [-0.2, -0.15) is 11.8 Å². The predicted molar refractivity (Wildman–Crippen MR) is 79.6 cm³/mol. The summed E-state index contributed by atoms with van der Waals surface area (Å²) in [4.78, 5) is 11.9. The molecule has 1 atom stereocenters. The molecule has 0 aliphatic heterocycles. The van der Waals surface area contributed by atoms with Gasteiger partial charge in [0.05, 0.1) is 0 Å². The van der Waals surface area contributed by atoms with Crippen molar-refractivity contribution in [3.05, 3.63) is 35.9 Å². The van der Waals surface area contributed by atoms with E-state index in [2.05, 4.69) is 0 Å². The molecule has 1 aromatic rings. The van der Waals surface area contributed by atoms with E-state index in [9.17, 15) is 4.79 Å². The molecule has 5 heteroatoms. The smallest absolute Gasteiger partial charge is 0.324 e. The van der Waals surface area contributed by atoms with Gasteiger partial charge in [-0.1, -0.05) is 30.3 Å². The highest BCUT2D eigenvalue weighted by atomic mass is 32.2. The lowest BCUT2D eigenvalue weighted by Crippen LogP contribution is -2.13. The average Bonchev–Trinajstić information content (AvgIpc) is 2.38. The molecule has 0 N–H and O–H groups in total. The van der Waals surface area contributed by atoms with Crippen LogP contribution in [0.2, 0.25) is 0 Å². The lowest BCUT2D eigenvalue weighted by atomic mass is 10.1. The second-order valence-electron chi connectivity index (χ2n) is 3.23. The number of benzene rings is 1. The maximum Gasteiger partial charge on any atom is 0.324 e. The van der Waals surface area contributed by atoms with Crippen LogP contribution in [0.1, 0.15) is 10.8 Å². The lowest BCUT2D eigenvalue weighted by Gasteiger charge is -2.15. The van der Waals surface area contributed by atoms with Gasteiger partial charge in [0.1, 0.15) is 11.2 Å². The van der Waals surface area contributed by atoms with E-state index in [-0.39, 0.29) is 11.2 Å². The summed E-state index contributed by atoms with van der Waals surface area (Å²) in [5, 5.41) is 0.671. The number of carbonyl (C=O) groups is 1. The van der Waals surface area contributed by atoms with Crippen molar-refractivity contribution in [1.29, 1.82) is 0 Å². The van der Waals surface area contributed by atoms with Crippen molar-refractivity contribution in [2.24, 2.45) is 0 Å². The first-order valence-electron chi connectivity index (χ1n) is 5.10. The molecule has 1 aromatic carbocycles. The minimum absolute atomic E-state index is 0.149. The fourth-order valence-corrected chi connectivity index (χ4v) is 3.13. The van der Waals surface area contributed by atoms with Crippen LogP contribution >= 0.6 is 35.3 Å². The fourth-order valence-electron chi connectivity index (χ4n) is 1.26. The topological polar surface area (TPSA) is 26.3 Å². The van der Waals surface area contributed by atoms with Crippen molar-refractivity contribution in [3.8, 4) is 0 Å². The first-order valence-corrected chi connectivity index (χ1v) is 8.94. The van der Waals surface area contributed by atoms with Crippen LogP contribution < -0.4 is 0 Å². The Kier molecular flexibility index (Phi) is 7.64. The summed E-state index contributed by atoms with van der Waals surface area (Å²) in [6.07, 6.45) is 3.95. The number of hydrogen-bond donors (Lipinski definition) is 0. The van der Waals surface area contributed by atoms with Crippen LogP contribution in [0.3, 0.4) is 0 Å². The minimum Gasteiger partial charge on any atom is -0.454 e. The summed E-state index contributed by atoms with van der Waals surface area (Å²) < 4.78 is 5.20. The quantitative estimate of drug-likeness (QED) is 0.564. The second kappa shape index (κ2) is 8.78. The molecular weight excluding hydrogens is 272 g/mol. The molecule has 0 aliphatic rings. The van der Waals surface area contributed by atoms with Crippen molar-refractivity contribution in [2.45, 2.75) is 5.25 Å². The molecule has 0 aliphatic carbocycles. The number of rotatable bonds is 7. The molecule has 0 heterocycles. The van der Waals surface area contributed by atoms with Gasteiger partial charge in [0.15, 0.2) is 0 Å². The van der Waals surface area contributed by atoms with Gasteiger partial charge in [-0.3, -0.25) is 4.79 Å². The van der Waals surface area contributed by atoms with Crippen LogP contribution in [-0.2, 0) is 9.53 Å². The van der Waals surface area contributed by atoms with Crippen LogP contribution in [0.25, 0.3) is 0 Å². The summed E-state index contributed by atoms with van der Waals surface area (Å²) in [6, 6.07) is 9.79. The van der Waals surface area contributed by atoms with E-state index in [1.54, 1.807) is 23.5 Å². The molecule has 17 heavy (non-hydrogen) atoms. The van der Waals surface area contributed by atoms with Crippen molar-refractivity contribution in [3.63, 3.8) is 0 Å². The molecule has 0 fully saturated rings. The molecule has 0 aromatic heterocycles. The third-order valence-electron chi connectivity index (χ3n) is 1.99. The van der Waals surface area contributed by atoms with E-state index >= 15 is 0 Å². The van der Waals surface area contributed by atoms with Gasteiger partial charge in [0, 0.05) is 5.08 Å². The molecule has 94 valence electrons. The third-order valence-corrected chi connectivity index (χ3v) is 4.63. The van der Waals surface area contributed by atoms with Gasteiger partial charge in [-0.25, -0.2) is 0 Å². The molecule has 1 rings (SSSR count). The molecular formula is C12H16O2S3. The Bertz CT molecular complexity index is 330. The van der Waals surface area contributed by atoms with Crippen LogP contribution in [-0.4, -0.2) is 29.5 Å². The Hall–Kier alpha value is -0.260. The first kappa shape index (κ1) is 14.8. The molecule has 0 saturated heterocycles. The summed E-state index contributed by atoms with van der Waals surface area (Å²) in [7, 11) is 0. The number of carbonyl (C=O) groups excluding carboxylic acids is 1. The van der Waals surface area contributed by atoms with E-state index < -0.39 is 0 Å². The van der Waals surface area contributed by atoms with Gasteiger partial charge in [0.2, 0.25) is 0 Å². The predicted octanol–water partition coefficient (Wildman–Crippen LogP) is 3.65. The van der Waals surface area contributed by atoms with Gasteiger partial charge in [-0.05, 0) is 18.1 Å². The number of ether oxygens (including phenoxy) is 1. The Labute approximate surface area is 115 Å². The number of esters is 1. The second-order valence-corrected chi connectivity index (χ2v) is 6.37. The number of hydrogen-bond acceptors (Lipinski definition) is 5. The summed E-state index contributed by atoms with van der Waals surface area (Å²) in [5.74, 6) is 0.270. The molecule has 1 unspecified atom stereocenters. The highest BCUT2D eigenvalue weighted by Crippen LogP contribution is 2.32. The Morgan fingerprint density at radius 2 is 1.94 bits per heavy atom. The monoisotopic (exact) mass is 288 g/mol. The number of thioether (sulfide) groups is 3. The summed E-state index contributed by atoms with van der Waals surface area (Å²) >= 11 is 4.84. The zero-order valence-electron chi connectivity index (χ0n) is 9.92. The van der Waals surface area contributed by atoms with E-state index in [4.69, 9.17) is 4.74 Å². The first-order chi connectivity index (χ1) is 8.29. The molecule has 0 amide bonds. The van der Waals surface area contributed by atoms with Crippen molar-refractivity contribution in [2.75, 3.05) is 23.5 Å². The SMILES string of the molecule is CSCOC(=O)C(SCSC)c1ccccc1. The van der Waals surface area contributed by atoms with Gasteiger partial charge < -0.3 is 4.74 Å². The molecule has 0 spiro atoms. The van der Waals surface area contributed by atoms with Crippen LogP contribution in [0.5, 0.6) is 0 Å². The largest absolute Gasteiger partial charge is 0.454 e. The van der Waals surface area contributed by atoms with Crippen molar-refractivity contribution < 1.29 is 9.53 Å². The van der Waals surface area contributed by atoms with Crippen LogP contribution in [0.15, 0.2) is 30.3 Å². The third kappa shape index (κ3) is 5.27. The maximum atomic E-state index is 11.9. The maximum absolute atomic E-state index is 11.9. The Morgan fingerprint density at radius 3 is 2.53 bits per heavy atom. The fraction of sp³-hybridized carbons (Fsp3) is 0.417. The van der Waals surface area contributed by atoms with Crippen molar-refractivity contribution in [1.82, 2.24) is 0 Å². The Morgan fingerprint density at radius 1 is 1.24 bits per heavy atom. The van der Waals surface area contributed by atoms with Crippen LogP contribution in [0.4, 0.5) is 0 Å². The standard InChI is InChI=1S/C12H16O2S3/c1-15-8-14-12(13)11(17-9-16-2)10-6-4-3-5-7-10/h3-7,11H,8-9H2,1-2H3. The van der Waals surface area contributed by atoms with Crippen LogP contribution in [0, 0.1) is 0 Å². The van der Waals surface area contributed by atoms with Gasteiger partial charge in [0.25, 0.3) is 0 Å². The van der Waals surface area contributed by atoms with Gasteiger partial charge in [-0.15, -0.1) is 23.5 Å². The zero-order chi connectivity index (χ0) is 12.5. The molecule has 0 radical (unpaired) electrons. The van der Waals surface area contributed by atoms with E-state index in [1.165, 1.54) is 11.8 Å². The molecule has 0 saturated carbocycles. The van der Waals surface area contributed by atoms with E-state index in [0.717, 1.165) is 10.6 Å². The molecule has 0 bridgehead atoms. The van der Waals surface area contributed by atoms with E-state index in [0.29, 0.717) is 5.94 Å².